The van der Waals surface area contributed by atoms with Crippen LogP contribution in [0.15, 0.2) is 24.8 Å². The van der Waals surface area contributed by atoms with Crippen LogP contribution in [0, 0.1) is 0 Å². The number of hydrogen-bond donors (Lipinski definition) is 1. The highest BCUT2D eigenvalue weighted by molar-refractivity contribution is 5.68. The summed E-state index contributed by atoms with van der Waals surface area (Å²) in [6, 6.07) is 2.34. The zero-order valence-electron chi connectivity index (χ0n) is 14.1. The molecule has 0 atom stereocenters. The molecule has 1 N–H and O–H groups in total. The third-order valence-electron chi connectivity index (χ3n) is 3.12. The summed E-state index contributed by atoms with van der Waals surface area (Å²) < 4.78 is 5.34. The summed E-state index contributed by atoms with van der Waals surface area (Å²) in [6.45, 7) is 10.4. The Morgan fingerprint density at radius 3 is 2.23 bits per heavy atom. The highest BCUT2D eigenvalue weighted by Gasteiger charge is 2.26. The molecule has 1 aromatic rings. The van der Waals surface area contributed by atoms with Gasteiger partial charge in [0.15, 0.2) is 0 Å². The molecule has 1 aromatic heterocycles. The van der Waals surface area contributed by atoms with Crippen molar-refractivity contribution in [1.29, 1.82) is 0 Å². The van der Waals surface area contributed by atoms with E-state index in [-0.39, 0.29) is 6.09 Å². The Kier molecular flexibility index (Phi) is 7.80. The second kappa shape index (κ2) is 9.35. The first kappa shape index (κ1) is 18.4. The minimum Gasteiger partial charge on any atom is -0.444 e. The van der Waals surface area contributed by atoms with Crippen LogP contribution in [0.2, 0.25) is 0 Å². The summed E-state index contributed by atoms with van der Waals surface area (Å²) in [5.74, 6) is 0. The fourth-order valence-electron chi connectivity index (χ4n) is 2.13. The molecule has 1 fully saturated rings. The molecule has 0 aliphatic carbocycles. The van der Waals surface area contributed by atoms with Gasteiger partial charge in [0.1, 0.15) is 11.9 Å². The van der Waals surface area contributed by atoms with Crippen LogP contribution in [0.25, 0.3) is 0 Å². The Labute approximate surface area is 133 Å². The molecule has 0 saturated carbocycles. The monoisotopic (exact) mass is 308 g/mol. The minimum atomic E-state index is -0.393. The molecular formula is C16H28N4O2. The van der Waals surface area contributed by atoms with Gasteiger partial charge in [-0.15, -0.1) is 0 Å². The second-order valence-corrected chi connectivity index (χ2v) is 6.20. The number of nitrogens with one attached hydrogen (secondary N) is 1. The predicted octanol–water partition coefficient (Wildman–Crippen LogP) is 2.47. The largest absolute Gasteiger partial charge is 0.444 e. The number of rotatable bonds is 2. The van der Waals surface area contributed by atoms with Gasteiger partial charge in [-0.3, -0.25) is 0 Å². The van der Waals surface area contributed by atoms with E-state index in [1.807, 2.05) is 20.8 Å². The van der Waals surface area contributed by atoms with Crippen molar-refractivity contribution in [2.24, 2.45) is 0 Å². The van der Waals surface area contributed by atoms with Gasteiger partial charge in [-0.25, -0.2) is 14.8 Å². The molecule has 1 saturated heterocycles. The maximum atomic E-state index is 11.8. The van der Waals surface area contributed by atoms with Gasteiger partial charge in [0.2, 0.25) is 0 Å². The summed E-state index contributed by atoms with van der Waals surface area (Å²) >= 11 is 0. The average molecular weight is 308 g/mol. The van der Waals surface area contributed by atoms with Crippen molar-refractivity contribution in [2.45, 2.75) is 52.2 Å². The molecule has 6 heteroatoms. The number of carbonyl (C=O) groups is 1. The Bertz CT molecular complexity index is 385. The van der Waals surface area contributed by atoms with Gasteiger partial charge in [0.25, 0.3) is 0 Å². The van der Waals surface area contributed by atoms with Crippen LogP contribution in [0.5, 0.6) is 0 Å². The van der Waals surface area contributed by atoms with E-state index in [0.717, 1.165) is 32.5 Å². The molecule has 0 unspecified atom stereocenters. The number of carbonyl (C=O) groups excluding carboxylic acids is 1. The molecule has 2 heterocycles. The third-order valence-corrected chi connectivity index (χ3v) is 3.12. The van der Waals surface area contributed by atoms with Crippen molar-refractivity contribution in [3.05, 3.63) is 24.8 Å². The zero-order valence-corrected chi connectivity index (χ0v) is 14.1. The smallest absolute Gasteiger partial charge is 0.410 e. The minimum absolute atomic E-state index is 0.178. The van der Waals surface area contributed by atoms with Crippen molar-refractivity contribution >= 4 is 6.09 Å². The highest BCUT2D eigenvalue weighted by atomic mass is 16.6. The van der Waals surface area contributed by atoms with E-state index in [1.165, 1.54) is 6.33 Å². The van der Waals surface area contributed by atoms with Crippen molar-refractivity contribution in [3.8, 4) is 0 Å². The molecule has 1 aliphatic rings. The molecule has 6 nitrogen and oxygen atoms in total. The fourth-order valence-corrected chi connectivity index (χ4v) is 2.13. The lowest BCUT2D eigenvalue weighted by Crippen LogP contribution is -2.46. The van der Waals surface area contributed by atoms with Crippen molar-refractivity contribution in [2.75, 3.05) is 19.6 Å². The molecule has 0 bridgehead atoms. The Morgan fingerprint density at radius 1 is 1.27 bits per heavy atom. The van der Waals surface area contributed by atoms with Gasteiger partial charge in [0.05, 0.1) is 0 Å². The average Bonchev–Trinajstić information content (AvgIpc) is 2.49. The molecule has 22 heavy (non-hydrogen) atoms. The number of amides is 1. The summed E-state index contributed by atoms with van der Waals surface area (Å²) in [4.78, 5) is 20.9. The van der Waals surface area contributed by atoms with Crippen LogP contribution in [0.3, 0.4) is 0 Å². The maximum Gasteiger partial charge on any atom is 0.410 e. The Morgan fingerprint density at radius 2 is 1.86 bits per heavy atom. The van der Waals surface area contributed by atoms with E-state index in [4.69, 9.17) is 4.74 Å². The first-order chi connectivity index (χ1) is 10.4. The second-order valence-electron chi connectivity index (χ2n) is 6.20. The fraction of sp³-hybridized carbons (Fsp3) is 0.688. The molecule has 1 amide bonds. The molecule has 0 radical (unpaired) electrons. The molecule has 124 valence electrons. The summed E-state index contributed by atoms with van der Waals surface area (Å²) in [5, 5.41) is 3.41. The third kappa shape index (κ3) is 7.93. The summed E-state index contributed by atoms with van der Waals surface area (Å²) in [6.07, 6.45) is 6.74. The Balaban J connectivity index is 0.000000335. The van der Waals surface area contributed by atoms with E-state index in [9.17, 15) is 4.79 Å². The van der Waals surface area contributed by atoms with Gasteiger partial charge < -0.3 is 15.0 Å². The van der Waals surface area contributed by atoms with Crippen molar-refractivity contribution in [1.82, 2.24) is 20.2 Å². The van der Waals surface area contributed by atoms with Gasteiger partial charge in [-0.1, -0.05) is 6.92 Å². The SMILES string of the molecule is CCNC1CCN(C(=O)OC(C)(C)C)CC1.c1cncnc1. The molecular weight excluding hydrogens is 280 g/mol. The summed E-state index contributed by atoms with van der Waals surface area (Å²) in [5.41, 5.74) is -0.393. The zero-order chi connectivity index (χ0) is 16.4. The van der Waals surface area contributed by atoms with E-state index >= 15 is 0 Å². The maximum absolute atomic E-state index is 11.8. The topological polar surface area (TPSA) is 67.4 Å². The quantitative estimate of drug-likeness (QED) is 0.909. The van der Waals surface area contributed by atoms with Crippen molar-refractivity contribution in [3.63, 3.8) is 0 Å². The van der Waals surface area contributed by atoms with Gasteiger partial charge >= 0.3 is 6.09 Å². The number of ether oxygens (including phenoxy) is 1. The normalized spacial score (nSPS) is 15.7. The van der Waals surface area contributed by atoms with Crippen LogP contribution < -0.4 is 5.32 Å². The van der Waals surface area contributed by atoms with Crippen molar-refractivity contribution < 1.29 is 9.53 Å². The van der Waals surface area contributed by atoms with E-state index in [2.05, 4.69) is 22.2 Å². The van der Waals surface area contributed by atoms with Crippen LogP contribution in [0.1, 0.15) is 40.5 Å². The number of likely N-dealkylation sites (tertiary alicyclic amines) is 1. The van der Waals surface area contributed by atoms with Crippen LogP contribution in [0.4, 0.5) is 4.79 Å². The lowest BCUT2D eigenvalue weighted by Gasteiger charge is -2.33. The van der Waals surface area contributed by atoms with Gasteiger partial charge in [-0.05, 0) is 46.2 Å². The predicted molar refractivity (Wildman–Crippen MR) is 86.5 cm³/mol. The lowest BCUT2D eigenvalue weighted by molar-refractivity contribution is 0.0199. The molecule has 0 spiro atoms. The van der Waals surface area contributed by atoms with E-state index in [1.54, 1.807) is 23.4 Å². The molecule has 0 aromatic carbocycles. The summed E-state index contributed by atoms with van der Waals surface area (Å²) in [7, 11) is 0. The number of aromatic nitrogens is 2. The Hall–Kier alpha value is -1.69. The molecule has 2 rings (SSSR count). The number of nitrogens with zero attached hydrogens (tertiary/aromatic N) is 3. The first-order valence-electron chi connectivity index (χ1n) is 7.83. The van der Waals surface area contributed by atoms with Crippen LogP contribution in [-0.2, 0) is 4.74 Å². The van der Waals surface area contributed by atoms with Gasteiger partial charge in [-0.2, -0.15) is 0 Å². The van der Waals surface area contributed by atoms with E-state index < -0.39 is 5.60 Å². The van der Waals surface area contributed by atoms with Crippen LogP contribution in [-0.4, -0.2) is 52.2 Å². The lowest BCUT2D eigenvalue weighted by atomic mass is 10.1. The number of piperidine rings is 1. The standard InChI is InChI=1S/C12H24N2O2.C4H4N2/c1-5-13-10-6-8-14(9-7-10)11(15)16-12(2,3)4;1-2-5-4-6-3-1/h10,13H,5-9H2,1-4H3;1-4H. The van der Waals surface area contributed by atoms with Crippen LogP contribution >= 0.6 is 0 Å². The molecule has 1 aliphatic heterocycles. The number of hydrogen-bond acceptors (Lipinski definition) is 5. The van der Waals surface area contributed by atoms with E-state index in [0.29, 0.717) is 6.04 Å². The highest BCUT2D eigenvalue weighted by Crippen LogP contribution is 2.15. The van der Waals surface area contributed by atoms with Gasteiger partial charge in [0, 0.05) is 31.5 Å². The first-order valence-corrected chi connectivity index (χ1v) is 7.83.